The van der Waals surface area contributed by atoms with E-state index in [4.69, 9.17) is 4.74 Å². The third-order valence-electron chi connectivity index (χ3n) is 5.47. The minimum Gasteiger partial charge on any atom is -0.441 e. The predicted octanol–water partition coefficient (Wildman–Crippen LogP) is 2.09. The molecule has 2 amide bonds. The number of anilines is 1. The molecule has 3 heterocycles. The Hall–Kier alpha value is -2.87. The number of nitrogens with one attached hydrogen (secondary N) is 1. The van der Waals surface area contributed by atoms with Gasteiger partial charge in [-0.2, -0.15) is 5.10 Å². The summed E-state index contributed by atoms with van der Waals surface area (Å²) in [6.45, 7) is 3.18. The molecular formula is C20H25N5O3. The van der Waals surface area contributed by atoms with Crippen LogP contribution in [0, 0.1) is 0 Å². The summed E-state index contributed by atoms with van der Waals surface area (Å²) in [6, 6.07) is 7.69. The number of ether oxygens (including phenoxy) is 1. The fraction of sp³-hybridized carbons (Fsp3) is 0.450. The summed E-state index contributed by atoms with van der Waals surface area (Å²) in [4.78, 5) is 28.2. The second-order valence-corrected chi connectivity index (χ2v) is 7.74. The molecule has 8 nitrogen and oxygen atoms in total. The lowest BCUT2D eigenvalue weighted by molar-refractivity contribution is -0.00119. The van der Waals surface area contributed by atoms with Crippen LogP contribution >= 0.6 is 0 Å². The number of piperidine rings is 1. The van der Waals surface area contributed by atoms with E-state index in [2.05, 4.69) is 15.3 Å². The third-order valence-corrected chi connectivity index (χ3v) is 5.47. The van der Waals surface area contributed by atoms with E-state index in [9.17, 15) is 9.59 Å². The quantitative estimate of drug-likeness (QED) is 0.875. The Kier molecular flexibility index (Phi) is 4.80. The smallest absolute Gasteiger partial charge is 0.410 e. The van der Waals surface area contributed by atoms with Crippen LogP contribution in [-0.4, -0.2) is 63.9 Å². The first-order valence-corrected chi connectivity index (χ1v) is 9.48. The average Bonchev–Trinajstić information content (AvgIpc) is 3.20. The van der Waals surface area contributed by atoms with Gasteiger partial charge in [0.25, 0.3) is 5.91 Å². The Morgan fingerprint density at radius 3 is 2.71 bits per heavy atom. The van der Waals surface area contributed by atoms with Gasteiger partial charge in [0.2, 0.25) is 0 Å². The highest BCUT2D eigenvalue weighted by molar-refractivity contribution is 6.04. The maximum Gasteiger partial charge on any atom is 0.410 e. The molecule has 0 atom stereocenters. The van der Waals surface area contributed by atoms with Crippen molar-refractivity contribution < 1.29 is 14.3 Å². The molecule has 0 aliphatic carbocycles. The van der Waals surface area contributed by atoms with E-state index < -0.39 is 0 Å². The van der Waals surface area contributed by atoms with Crippen LogP contribution in [0.2, 0.25) is 0 Å². The van der Waals surface area contributed by atoms with Gasteiger partial charge in [-0.1, -0.05) is 12.1 Å². The van der Waals surface area contributed by atoms with Crippen LogP contribution in [0.15, 0.2) is 36.7 Å². The largest absolute Gasteiger partial charge is 0.441 e. The number of benzene rings is 1. The highest BCUT2D eigenvalue weighted by atomic mass is 16.6. The molecule has 2 fully saturated rings. The molecule has 8 heteroatoms. The molecule has 1 N–H and O–H groups in total. The van der Waals surface area contributed by atoms with Gasteiger partial charge in [0.05, 0.1) is 18.4 Å². The molecule has 2 saturated heterocycles. The van der Waals surface area contributed by atoms with Crippen molar-refractivity contribution >= 4 is 17.7 Å². The number of aromatic nitrogens is 2. The summed E-state index contributed by atoms with van der Waals surface area (Å²) < 4.78 is 7.26. The van der Waals surface area contributed by atoms with Crippen molar-refractivity contribution in [2.75, 3.05) is 32.0 Å². The number of nitrogens with zero attached hydrogens (tertiary/aromatic N) is 4. The number of carbonyl (C=O) groups is 2. The summed E-state index contributed by atoms with van der Waals surface area (Å²) >= 11 is 0. The molecule has 0 bridgehead atoms. The van der Waals surface area contributed by atoms with Gasteiger partial charge in [0.15, 0.2) is 0 Å². The van der Waals surface area contributed by atoms with E-state index in [-0.39, 0.29) is 17.6 Å². The van der Waals surface area contributed by atoms with Crippen molar-refractivity contribution in [3.05, 3.63) is 47.8 Å². The summed E-state index contributed by atoms with van der Waals surface area (Å²) in [6.07, 6.45) is 4.84. The Morgan fingerprint density at radius 1 is 1.29 bits per heavy atom. The van der Waals surface area contributed by atoms with Crippen LogP contribution in [0.4, 0.5) is 10.5 Å². The van der Waals surface area contributed by atoms with Crippen LogP contribution in [0.1, 0.15) is 28.8 Å². The Balaban J connectivity index is 1.35. The Morgan fingerprint density at radius 2 is 2.07 bits per heavy atom. The van der Waals surface area contributed by atoms with Crippen LogP contribution in [0.25, 0.3) is 0 Å². The standard InChI is InChI=1S/C20H25N5O3/c1-23-14-20(28-19(23)27)6-8-25(9-7-20)12-15-4-3-5-16(10-15)18(26)22-17-11-21-24(2)13-17/h3-5,10-11,13H,6-9,12,14H2,1-2H3,(H,22,26). The van der Waals surface area contributed by atoms with Gasteiger partial charge in [-0.3, -0.25) is 14.4 Å². The second kappa shape index (κ2) is 7.27. The fourth-order valence-electron chi connectivity index (χ4n) is 3.93. The van der Waals surface area contributed by atoms with E-state index in [0.717, 1.165) is 38.0 Å². The minimum absolute atomic E-state index is 0.145. The van der Waals surface area contributed by atoms with Crippen molar-refractivity contribution in [3.63, 3.8) is 0 Å². The SMILES string of the molecule is CN1CC2(CCN(Cc3cccc(C(=O)Nc4cnn(C)c4)c3)CC2)OC1=O. The van der Waals surface area contributed by atoms with Crippen LogP contribution in [0.5, 0.6) is 0 Å². The van der Waals surface area contributed by atoms with Crippen LogP contribution in [-0.2, 0) is 18.3 Å². The highest BCUT2D eigenvalue weighted by Gasteiger charge is 2.45. The van der Waals surface area contributed by atoms with Crippen LogP contribution in [0.3, 0.4) is 0 Å². The number of likely N-dealkylation sites (tertiary alicyclic amines) is 1. The van der Waals surface area contributed by atoms with E-state index in [1.165, 1.54) is 0 Å². The molecule has 148 valence electrons. The number of rotatable bonds is 4. The molecule has 2 aliphatic heterocycles. The Bertz CT molecular complexity index is 885. The number of amides is 2. The molecule has 1 spiro atoms. The van der Waals surface area contributed by atoms with E-state index >= 15 is 0 Å². The van der Waals surface area contributed by atoms with Crippen molar-refractivity contribution in [1.29, 1.82) is 0 Å². The van der Waals surface area contributed by atoms with Crippen molar-refractivity contribution in [1.82, 2.24) is 19.6 Å². The van der Waals surface area contributed by atoms with E-state index in [0.29, 0.717) is 17.8 Å². The first kappa shape index (κ1) is 18.5. The van der Waals surface area contributed by atoms with E-state index in [1.807, 2.05) is 31.3 Å². The molecule has 2 aromatic rings. The van der Waals surface area contributed by atoms with Gasteiger partial charge in [-0.05, 0) is 17.7 Å². The van der Waals surface area contributed by atoms with Gasteiger partial charge >= 0.3 is 6.09 Å². The first-order valence-electron chi connectivity index (χ1n) is 9.48. The third kappa shape index (κ3) is 3.87. The average molecular weight is 383 g/mol. The fourth-order valence-corrected chi connectivity index (χ4v) is 3.93. The predicted molar refractivity (Wildman–Crippen MR) is 104 cm³/mol. The molecular weight excluding hydrogens is 358 g/mol. The maximum absolute atomic E-state index is 12.5. The Labute approximate surface area is 164 Å². The molecule has 4 rings (SSSR count). The van der Waals surface area contributed by atoms with Gasteiger partial charge in [-0.25, -0.2) is 4.79 Å². The monoisotopic (exact) mass is 383 g/mol. The van der Waals surface area contributed by atoms with Gasteiger partial charge in [0.1, 0.15) is 5.60 Å². The zero-order valence-corrected chi connectivity index (χ0v) is 16.2. The minimum atomic E-state index is -0.326. The molecule has 0 unspecified atom stereocenters. The summed E-state index contributed by atoms with van der Waals surface area (Å²) in [7, 11) is 3.59. The summed E-state index contributed by atoms with van der Waals surface area (Å²) in [5.41, 5.74) is 2.07. The zero-order valence-electron chi connectivity index (χ0n) is 16.2. The van der Waals surface area contributed by atoms with Gasteiger partial charge < -0.3 is 15.0 Å². The summed E-state index contributed by atoms with van der Waals surface area (Å²) in [5, 5.41) is 6.92. The summed E-state index contributed by atoms with van der Waals surface area (Å²) in [5.74, 6) is -0.145. The van der Waals surface area contributed by atoms with Crippen molar-refractivity contribution in [2.24, 2.45) is 7.05 Å². The lowest BCUT2D eigenvalue weighted by Crippen LogP contribution is -2.46. The highest BCUT2D eigenvalue weighted by Crippen LogP contribution is 2.33. The molecule has 28 heavy (non-hydrogen) atoms. The normalized spacial score (nSPS) is 19.1. The topological polar surface area (TPSA) is 79.7 Å². The lowest BCUT2D eigenvalue weighted by Gasteiger charge is -2.37. The number of likely N-dealkylation sites (N-methyl/N-ethyl adjacent to an activating group) is 1. The molecule has 1 aromatic heterocycles. The number of hydrogen-bond donors (Lipinski definition) is 1. The molecule has 0 saturated carbocycles. The molecule has 2 aliphatic rings. The van der Waals surface area contributed by atoms with Gasteiger partial charge in [-0.15, -0.1) is 0 Å². The van der Waals surface area contributed by atoms with Crippen molar-refractivity contribution in [2.45, 2.75) is 25.0 Å². The first-order chi connectivity index (χ1) is 13.4. The second-order valence-electron chi connectivity index (χ2n) is 7.74. The molecule has 0 radical (unpaired) electrons. The van der Waals surface area contributed by atoms with Gasteiger partial charge in [0, 0.05) is 58.3 Å². The lowest BCUT2D eigenvalue weighted by atomic mass is 9.91. The zero-order chi connectivity index (χ0) is 19.7. The van der Waals surface area contributed by atoms with Crippen molar-refractivity contribution in [3.8, 4) is 0 Å². The van der Waals surface area contributed by atoms with E-state index in [1.54, 1.807) is 29.0 Å². The number of aryl methyl sites for hydroxylation is 1. The molecule has 1 aromatic carbocycles. The van der Waals surface area contributed by atoms with Crippen LogP contribution < -0.4 is 5.32 Å². The maximum atomic E-state index is 12.5. The number of hydrogen-bond acceptors (Lipinski definition) is 5. The number of carbonyl (C=O) groups excluding carboxylic acids is 2.